The average Bonchev–Trinajstić information content (AvgIpc) is 3.22. The SMILES string of the molecule is C/C=C(\C)C(=O)O[C@@H]1C[C@@](C)(O)[C@@]2(OC)CC[C@@](C)(/C=C3/OC(=O)C(COC(C)=O)=C31)O2. The fourth-order valence-electron chi connectivity index (χ4n) is 4.32. The van der Waals surface area contributed by atoms with Crippen LogP contribution in [0.3, 0.4) is 0 Å². The Morgan fingerprint density at radius 3 is 2.56 bits per heavy atom. The summed E-state index contributed by atoms with van der Waals surface area (Å²) >= 11 is 0. The fourth-order valence-corrected chi connectivity index (χ4v) is 4.32. The Morgan fingerprint density at radius 1 is 1.28 bits per heavy atom. The molecule has 0 aromatic rings. The number of allylic oxidation sites excluding steroid dienone is 1. The smallest absolute Gasteiger partial charge is 0.343 e. The molecule has 3 aliphatic rings. The molecule has 0 radical (unpaired) electrons. The molecule has 9 heteroatoms. The van der Waals surface area contributed by atoms with Crippen LogP contribution in [0.5, 0.6) is 0 Å². The van der Waals surface area contributed by atoms with Crippen LogP contribution < -0.4 is 0 Å². The van der Waals surface area contributed by atoms with Crippen molar-refractivity contribution >= 4 is 17.9 Å². The minimum Gasteiger partial charge on any atom is -0.461 e. The average molecular weight is 450 g/mol. The molecule has 2 bridgehead atoms. The molecule has 0 saturated carbocycles. The van der Waals surface area contributed by atoms with Gasteiger partial charge in [-0.1, -0.05) is 6.08 Å². The van der Waals surface area contributed by atoms with Gasteiger partial charge in [0.2, 0.25) is 0 Å². The van der Waals surface area contributed by atoms with Crippen LogP contribution in [0, 0.1) is 0 Å². The monoisotopic (exact) mass is 450 g/mol. The molecule has 3 rings (SSSR count). The Labute approximate surface area is 187 Å². The van der Waals surface area contributed by atoms with E-state index in [-0.39, 0.29) is 29.9 Å². The van der Waals surface area contributed by atoms with E-state index in [1.807, 2.05) is 0 Å². The van der Waals surface area contributed by atoms with Crippen LogP contribution in [-0.2, 0) is 38.1 Å². The van der Waals surface area contributed by atoms with Crippen molar-refractivity contribution in [2.45, 2.75) is 77.0 Å². The van der Waals surface area contributed by atoms with E-state index in [2.05, 4.69) is 0 Å². The van der Waals surface area contributed by atoms with Crippen molar-refractivity contribution in [1.29, 1.82) is 0 Å². The molecule has 9 nitrogen and oxygen atoms in total. The number of esters is 3. The van der Waals surface area contributed by atoms with Gasteiger partial charge >= 0.3 is 17.9 Å². The number of carbonyl (C=O) groups excluding carboxylic acids is 3. The molecule has 3 aliphatic heterocycles. The number of hydrogen-bond acceptors (Lipinski definition) is 9. The number of rotatable bonds is 5. The van der Waals surface area contributed by atoms with Gasteiger partial charge in [-0.25, -0.2) is 9.59 Å². The maximum atomic E-state index is 12.7. The molecule has 1 fully saturated rings. The maximum absolute atomic E-state index is 12.7. The molecular formula is C23H30O9. The standard InChI is InChI=1S/C23H30O9/c1-7-13(2)19(25)30-17-11-22(5,27)23(28-6)9-8-21(4,32-23)10-16-18(17)15(20(26)31-16)12-29-14(3)24/h7,10,17,27H,8-9,11-12H2,1-6H3/b13-7+,16-10+/t17-,21+,22-,23-/m1/s1. The highest BCUT2D eigenvalue weighted by atomic mass is 16.7. The largest absolute Gasteiger partial charge is 0.461 e. The van der Waals surface area contributed by atoms with Gasteiger partial charge in [-0.2, -0.15) is 0 Å². The van der Waals surface area contributed by atoms with E-state index < -0.39 is 41.0 Å². The molecule has 0 amide bonds. The van der Waals surface area contributed by atoms with E-state index >= 15 is 0 Å². The third kappa shape index (κ3) is 4.24. The van der Waals surface area contributed by atoms with Crippen molar-refractivity contribution in [3.8, 4) is 0 Å². The first-order valence-corrected chi connectivity index (χ1v) is 10.5. The van der Waals surface area contributed by atoms with Crippen LogP contribution in [-0.4, -0.2) is 59.8 Å². The summed E-state index contributed by atoms with van der Waals surface area (Å²) in [4.78, 5) is 36.7. The van der Waals surface area contributed by atoms with Crippen molar-refractivity contribution in [2.24, 2.45) is 0 Å². The van der Waals surface area contributed by atoms with E-state index in [0.717, 1.165) is 0 Å². The van der Waals surface area contributed by atoms with Crippen LogP contribution in [0.1, 0.15) is 53.9 Å². The van der Waals surface area contributed by atoms with Gasteiger partial charge in [-0.15, -0.1) is 0 Å². The lowest BCUT2D eigenvalue weighted by molar-refractivity contribution is -0.310. The third-order valence-electron chi connectivity index (χ3n) is 6.30. The van der Waals surface area contributed by atoms with E-state index in [9.17, 15) is 19.5 Å². The van der Waals surface area contributed by atoms with Crippen LogP contribution >= 0.6 is 0 Å². The number of ether oxygens (including phenoxy) is 5. The molecular weight excluding hydrogens is 420 g/mol. The van der Waals surface area contributed by atoms with Gasteiger partial charge in [0, 0.05) is 38.0 Å². The van der Waals surface area contributed by atoms with Gasteiger partial charge in [0.25, 0.3) is 0 Å². The van der Waals surface area contributed by atoms with E-state index in [4.69, 9.17) is 23.7 Å². The van der Waals surface area contributed by atoms with E-state index in [1.54, 1.807) is 39.8 Å². The Kier molecular flexibility index (Phi) is 6.38. The Morgan fingerprint density at radius 2 is 1.97 bits per heavy atom. The number of methoxy groups -OCH3 is 1. The summed E-state index contributed by atoms with van der Waals surface area (Å²) in [6.45, 7) is 7.50. The van der Waals surface area contributed by atoms with Crippen molar-refractivity contribution in [3.63, 3.8) is 0 Å². The molecule has 0 unspecified atom stereocenters. The molecule has 0 aliphatic carbocycles. The van der Waals surface area contributed by atoms with Gasteiger partial charge in [0.1, 0.15) is 24.1 Å². The summed E-state index contributed by atoms with van der Waals surface area (Å²) in [5.41, 5.74) is -1.88. The second-order valence-electron chi connectivity index (χ2n) is 8.79. The third-order valence-corrected chi connectivity index (χ3v) is 6.30. The summed E-state index contributed by atoms with van der Waals surface area (Å²) in [5.74, 6) is -3.12. The molecule has 0 aromatic carbocycles. The zero-order valence-corrected chi connectivity index (χ0v) is 19.3. The van der Waals surface area contributed by atoms with Crippen LogP contribution in [0.2, 0.25) is 0 Å². The zero-order valence-electron chi connectivity index (χ0n) is 19.3. The topological polar surface area (TPSA) is 118 Å². The highest BCUT2D eigenvalue weighted by molar-refractivity contribution is 5.96. The van der Waals surface area contributed by atoms with E-state index in [1.165, 1.54) is 14.0 Å². The van der Waals surface area contributed by atoms with E-state index in [0.29, 0.717) is 18.4 Å². The highest BCUT2D eigenvalue weighted by Gasteiger charge is 2.60. The van der Waals surface area contributed by atoms with Gasteiger partial charge < -0.3 is 28.8 Å². The first kappa shape index (κ1) is 24.2. The molecule has 3 heterocycles. The van der Waals surface area contributed by atoms with Crippen molar-refractivity contribution in [3.05, 3.63) is 34.6 Å². The molecule has 32 heavy (non-hydrogen) atoms. The summed E-state index contributed by atoms with van der Waals surface area (Å²) in [6.07, 6.45) is 2.86. The first-order valence-electron chi connectivity index (χ1n) is 10.5. The zero-order chi connectivity index (χ0) is 23.9. The normalized spacial score (nSPS) is 36.3. The predicted octanol–water partition coefficient (Wildman–Crippen LogP) is 2.23. The summed E-state index contributed by atoms with van der Waals surface area (Å²) in [7, 11) is 1.45. The van der Waals surface area contributed by atoms with Gasteiger partial charge in [-0.3, -0.25) is 4.79 Å². The summed E-state index contributed by atoms with van der Waals surface area (Å²) in [5, 5.41) is 11.5. The lowest BCUT2D eigenvalue weighted by Crippen LogP contribution is -2.56. The number of aliphatic hydroxyl groups is 1. The summed E-state index contributed by atoms with van der Waals surface area (Å²) in [6, 6.07) is 0. The molecule has 4 atom stereocenters. The quantitative estimate of drug-likeness (QED) is 0.382. The van der Waals surface area contributed by atoms with Crippen molar-refractivity contribution in [2.75, 3.05) is 13.7 Å². The molecule has 1 N–H and O–H groups in total. The Bertz CT molecular complexity index is 926. The highest BCUT2D eigenvalue weighted by Crippen LogP contribution is 2.50. The second-order valence-corrected chi connectivity index (χ2v) is 8.79. The van der Waals surface area contributed by atoms with Crippen molar-refractivity contribution in [1.82, 2.24) is 0 Å². The molecule has 0 aromatic heterocycles. The van der Waals surface area contributed by atoms with Crippen LogP contribution in [0.15, 0.2) is 34.6 Å². The molecule has 1 saturated heterocycles. The second kappa shape index (κ2) is 8.46. The number of hydrogen-bond donors (Lipinski definition) is 1. The van der Waals surface area contributed by atoms with Gasteiger partial charge in [-0.05, 0) is 40.2 Å². The maximum Gasteiger partial charge on any atom is 0.343 e. The minimum absolute atomic E-state index is 0.0472. The lowest BCUT2D eigenvalue weighted by Gasteiger charge is -2.42. The fraction of sp³-hybridized carbons (Fsp3) is 0.609. The van der Waals surface area contributed by atoms with Gasteiger partial charge in [0.15, 0.2) is 5.79 Å². The Balaban J connectivity index is 2.19. The number of fused-ring (bicyclic) bond motifs is 3. The predicted molar refractivity (Wildman–Crippen MR) is 111 cm³/mol. The minimum atomic E-state index is -1.61. The number of carbonyl (C=O) groups is 3. The van der Waals surface area contributed by atoms with Crippen LogP contribution in [0.25, 0.3) is 0 Å². The lowest BCUT2D eigenvalue weighted by atomic mass is 9.82. The van der Waals surface area contributed by atoms with Crippen LogP contribution in [0.4, 0.5) is 0 Å². The molecule has 176 valence electrons. The van der Waals surface area contributed by atoms with Gasteiger partial charge in [0.05, 0.1) is 11.2 Å². The molecule has 0 spiro atoms. The Hall–Kier alpha value is -2.49. The first-order chi connectivity index (χ1) is 14.9. The summed E-state index contributed by atoms with van der Waals surface area (Å²) < 4.78 is 28.2. The van der Waals surface area contributed by atoms with Crippen molar-refractivity contribution < 1.29 is 43.2 Å².